The van der Waals surface area contributed by atoms with Crippen molar-refractivity contribution in [3.8, 4) is 11.3 Å². The Bertz CT molecular complexity index is 1650. The third-order valence-corrected chi connectivity index (χ3v) is 7.46. The first-order chi connectivity index (χ1) is 19.6. The van der Waals surface area contributed by atoms with Crippen molar-refractivity contribution < 1.29 is 19.1 Å². The summed E-state index contributed by atoms with van der Waals surface area (Å²) in [5.41, 5.74) is 4.86. The van der Waals surface area contributed by atoms with Gasteiger partial charge >= 0.3 is 12.2 Å². The van der Waals surface area contributed by atoms with Gasteiger partial charge in [-0.3, -0.25) is 4.98 Å². The van der Waals surface area contributed by atoms with Crippen LogP contribution in [-0.2, 0) is 9.47 Å². The zero-order valence-electron chi connectivity index (χ0n) is 26.2. The zero-order chi connectivity index (χ0) is 30.6. The van der Waals surface area contributed by atoms with Crippen LogP contribution >= 0.6 is 0 Å². The van der Waals surface area contributed by atoms with Crippen LogP contribution in [-0.4, -0.2) is 65.5 Å². The van der Waals surface area contributed by atoms with E-state index in [0.717, 1.165) is 52.0 Å². The number of amides is 1. The highest BCUT2D eigenvalue weighted by Crippen LogP contribution is 2.41. The Kier molecular flexibility index (Phi) is 7.53. The molecule has 1 aliphatic rings. The van der Waals surface area contributed by atoms with Crippen molar-refractivity contribution in [1.29, 1.82) is 0 Å². The Balaban J connectivity index is 1.60. The molecule has 0 N–H and O–H groups in total. The fraction of sp³-hybridized carbons (Fsp3) is 0.531. The van der Waals surface area contributed by atoms with Crippen LogP contribution in [0.1, 0.15) is 96.9 Å². The number of hydrogen-bond acceptors (Lipinski definition) is 7. The van der Waals surface area contributed by atoms with Crippen molar-refractivity contribution >= 4 is 28.7 Å². The molecule has 4 aromatic rings. The number of piperidine rings is 1. The molecule has 0 radical (unpaired) electrons. The van der Waals surface area contributed by atoms with E-state index in [1.165, 1.54) is 6.33 Å². The highest BCUT2D eigenvalue weighted by atomic mass is 16.6. The summed E-state index contributed by atoms with van der Waals surface area (Å²) in [6.07, 6.45) is 6.09. The molecule has 10 heteroatoms. The number of pyridine rings is 2. The van der Waals surface area contributed by atoms with Crippen molar-refractivity contribution in [2.75, 3.05) is 13.1 Å². The number of hydrogen-bond donors (Lipinski definition) is 0. The molecule has 1 aliphatic heterocycles. The molecule has 0 spiro atoms. The minimum absolute atomic E-state index is 0.0993. The number of likely N-dealkylation sites (tertiary alicyclic amines) is 1. The molecule has 5 rings (SSSR count). The van der Waals surface area contributed by atoms with Gasteiger partial charge in [0.25, 0.3) is 0 Å². The number of ether oxygens (including phenoxy) is 2. The van der Waals surface area contributed by atoms with E-state index in [2.05, 4.69) is 30.0 Å². The molecule has 1 amide bonds. The fourth-order valence-corrected chi connectivity index (χ4v) is 5.72. The summed E-state index contributed by atoms with van der Waals surface area (Å²) in [5.74, 6) is 0.289. The van der Waals surface area contributed by atoms with E-state index < -0.39 is 17.3 Å². The Morgan fingerprint density at radius 2 is 1.60 bits per heavy atom. The quantitative estimate of drug-likeness (QED) is 0.258. The standard InChI is InChI=1S/C32H42N6O4/c1-19(2)26-23-15-24(21-10-12-36(13-11-21)29(39)41-31(4,5)6)33-16-25(23)38(30(40)42-32(7,8)9)27(26)22-14-20(3)28-34-18-35-37(28)17-22/h14-19,21H,10-13H2,1-9H3. The Hall–Kier alpha value is -3.95. The molecular weight excluding hydrogens is 532 g/mol. The highest BCUT2D eigenvalue weighted by molar-refractivity contribution is 6.00. The lowest BCUT2D eigenvalue weighted by molar-refractivity contribution is 0.0203. The van der Waals surface area contributed by atoms with E-state index in [4.69, 9.17) is 14.5 Å². The van der Waals surface area contributed by atoms with Crippen molar-refractivity contribution in [1.82, 2.24) is 29.0 Å². The van der Waals surface area contributed by atoms with Crippen molar-refractivity contribution in [2.24, 2.45) is 0 Å². The SMILES string of the molecule is Cc1cc(-c2c(C(C)C)c3cc(C4CCN(C(=O)OC(C)(C)C)CC4)ncc3n2C(=O)OC(C)(C)C)cn2ncnc12. The average molecular weight is 575 g/mol. The molecule has 224 valence electrons. The van der Waals surface area contributed by atoms with E-state index in [0.29, 0.717) is 18.6 Å². The number of carbonyl (C=O) groups is 2. The molecule has 0 atom stereocenters. The van der Waals surface area contributed by atoms with E-state index in [9.17, 15) is 9.59 Å². The Morgan fingerprint density at radius 3 is 2.21 bits per heavy atom. The number of aryl methyl sites for hydroxylation is 1. The van der Waals surface area contributed by atoms with Gasteiger partial charge in [-0.2, -0.15) is 5.10 Å². The predicted molar refractivity (Wildman–Crippen MR) is 162 cm³/mol. The molecule has 1 saturated heterocycles. The van der Waals surface area contributed by atoms with Gasteiger partial charge in [-0.05, 0) is 90.5 Å². The first kappa shape index (κ1) is 29.5. The van der Waals surface area contributed by atoms with Gasteiger partial charge in [0.15, 0.2) is 5.65 Å². The Labute approximate surface area is 247 Å². The number of rotatable bonds is 3. The monoisotopic (exact) mass is 574 g/mol. The van der Waals surface area contributed by atoms with Crippen LogP contribution in [0.3, 0.4) is 0 Å². The maximum atomic E-state index is 13.8. The fourth-order valence-electron chi connectivity index (χ4n) is 5.72. The maximum Gasteiger partial charge on any atom is 0.419 e. The second-order valence-electron chi connectivity index (χ2n) is 13.5. The highest BCUT2D eigenvalue weighted by Gasteiger charge is 2.31. The second kappa shape index (κ2) is 10.7. The second-order valence-corrected chi connectivity index (χ2v) is 13.5. The smallest absolute Gasteiger partial charge is 0.419 e. The molecule has 42 heavy (non-hydrogen) atoms. The van der Waals surface area contributed by atoms with Gasteiger partial charge in [-0.25, -0.2) is 23.7 Å². The summed E-state index contributed by atoms with van der Waals surface area (Å²) in [6.45, 7) is 18.7. The predicted octanol–water partition coefficient (Wildman–Crippen LogP) is 7.08. The van der Waals surface area contributed by atoms with Gasteiger partial charge < -0.3 is 14.4 Å². The summed E-state index contributed by atoms with van der Waals surface area (Å²) < 4.78 is 14.9. The average Bonchev–Trinajstić information content (AvgIpc) is 3.49. The van der Waals surface area contributed by atoms with E-state index >= 15 is 0 Å². The van der Waals surface area contributed by atoms with Crippen LogP contribution in [0.15, 0.2) is 30.9 Å². The molecule has 4 aromatic heterocycles. The molecule has 0 aromatic carbocycles. The third kappa shape index (κ3) is 5.84. The van der Waals surface area contributed by atoms with Gasteiger partial charge in [0, 0.05) is 41.8 Å². The summed E-state index contributed by atoms with van der Waals surface area (Å²) in [4.78, 5) is 37.4. The molecule has 0 saturated carbocycles. The molecule has 0 aliphatic carbocycles. The van der Waals surface area contributed by atoms with Crippen molar-refractivity contribution in [3.05, 3.63) is 47.7 Å². The maximum absolute atomic E-state index is 13.8. The van der Waals surface area contributed by atoms with Gasteiger partial charge in [0.2, 0.25) is 0 Å². The van der Waals surface area contributed by atoms with Gasteiger partial charge in [-0.1, -0.05) is 13.8 Å². The van der Waals surface area contributed by atoms with E-state index in [-0.39, 0.29) is 17.9 Å². The molecule has 0 unspecified atom stereocenters. The van der Waals surface area contributed by atoms with Crippen LogP contribution in [0.25, 0.3) is 27.8 Å². The first-order valence-electron chi connectivity index (χ1n) is 14.7. The number of aromatic nitrogens is 5. The van der Waals surface area contributed by atoms with Crippen LogP contribution in [0.4, 0.5) is 9.59 Å². The minimum atomic E-state index is -0.676. The lowest BCUT2D eigenvalue weighted by Crippen LogP contribution is -2.41. The van der Waals surface area contributed by atoms with Gasteiger partial charge in [0.1, 0.15) is 17.5 Å². The van der Waals surface area contributed by atoms with Crippen LogP contribution in [0, 0.1) is 6.92 Å². The summed E-state index contributed by atoms with van der Waals surface area (Å²) in [7, 11) is 0. The van der Waals surface area contributed by atoms with Crippen LogP contribution in [0.5, 0.6) is 0 Å². The number of nitrogens with zero attached hydrogens (tertiary/aromatic N) is 6. The van der Waals surface area contributed by atoms with Gasteiger partial charge in [0.05, 0.1) is 17.4 Å². The molecule has 10 nitrogen and oxygen atoms in total. The summed E-state index contributed by atoms with van der Waals surface area (Å²) >= 11 is 0. The molecule has 1 fully saturated rings. The van der Waals surface area contributed by atoms with Crippen LogP contribution < -0.4 is 0 Å². The lowest BCUT2D eigenvalue weighted by atomic mass is 9.91. The van der Waals surface area contributed by atoms with Crippen LogP contribution in [0.2, 0.25) is 0 Å². The molecular formula is C32H42N6O4. The number of fused-ring (bicyclic) bond motifs is 2. The van der Waals surface area contributed by atoms with Crippen molar-refractivity contribution in [2.45, 2.75) is 98.2 Å². The van der Waals surface area contributed by atoms with Crippen molar-refractivity contribution in [3.63, 3.8) is 0 Å². The summed E-state index contributed by atoms with van der Waals surface area (Å²) in [5, 5.41) is 5.35. The topological polar surface area (TPSA) is 104 Å². The van der Waals surface area contributed by atoms with E-state index in [1.807, 2.05) is 60.7 Å². The minimum Gasteiger partial charge on any atom is -0.444 e. The first-order valence-corrected chi connectivity index (χ1v) is 14.7. The van der Waals surface area contributed by atoms with Gasteiger partial charge in [-0.15, -0.1) is 0 Å². The zero-order valence-corrected chi connectivity index (χ0v) is 26.2. The number of carbonyl (C=O) groups excluding carboxylic acids is 2. The third-order valence-electron chi connectivity index (χ3n) is 7.46. The summed E-state index contributed by atoms with van der Waals surface area (Å²) in [6, 6.07) is 4.18. The normalized spacial score (nSPS) is 15.1. The lowest BCUT2D eigenvalue weighted by Gasteiger charge is -2.33. The molecule has 5 heterocycles. The Morgan fingerprint density at radius 1 is 0.952 bits per heavy atom. The molecule has 0 bridgehead atoms. The van der Waals surface area contributed by atoms with E-state index in [1.54, 1.807) is 20.2 Å². The largest absolute Gasteiger partial charge is 0.444 e.